The van der Waals surface area contributed by atoms with E-state index in [1.807, 2.05) is 30.3 Å². The molecule has 0 aliphatic heterocycles. The topological polar surface area (TPSA) is 99.0 Å². The number of nitrogen functional groups attached to an aromatic ring is 1. The van der Waals surface area contributed by atoms with Crippen molar-refractivity contribution < 1.29 is 4.79 Å². The molecule has 1 fully saturated rings. The molecular weight excluding hydrogens is 350 g/mol. The number of anilines is 2. The monoisotopic (exact) mass is 383 g/mol. The molecule has 1 amide bonds. The first-order valence-electron chi connectivity index (χ1n) is 10.3. The van der Waals surface area contributed by atoms with Gasteiger partial charge < -0.3 is 16.8 Å². The minimum Gasteiger partial charge on any atom is -0.399 e. The lowest BCUT2D eigenvalue weighted by atomic mass is 9.70. The molecule has 1 aliphatic rings. The van der Waals surface area contributed by atoms with Crippen LogP contribution in [0.1, 0.15) is 40.0 Å². The third-order valence-corrected chi connectivity index (χ3v) is 5.94. The molecule has 1 aromatic heterocycles. The summed E-state index contributed by atoms with van der Waals surface area (Å²) >= 11 is 0. The maximum absolute atomic E-state index is 13.2. The lowest BCUT2D eigenvalue weighted by molar-refractivity contribution is -0.124. The smallest absolute Gasteiger partial charge is 0.228 e. The highest BCUT2D eigenvalue weighted by atomic mass is 16.2. The highest BCUT2D eigenvalue weighted by molar-refractivity contribution is 5.92. The number of amides is 1. The number of nitrogens with one attached hydrogen (secondary N) is 1. The number of carbonyl (C=O) groups is 1. The lowest BCUT2D eigenvalue weighted by Crippen LogP contribution is -2.37. The van der Waals surface area contributed by atoms with Gasteiger partial charge in [0.05, 0.1) is 12.2 Å². The van der Waals surface area contributed by atoms with Gasteiger partial charge in [-0.15, -0.1) is 0 Å². The van der Waals surface area contributed by atoms with Crippen molar-refractivity contribution in [3.63, 3.8) is 0 Å². The molecule has 3 atom stereocenters. The van der Waals surface area contributed by atoms with Gasteiger partial charge in [0.1, 0.15) is 5.82 Å². The van der Waals surface area contributed by atoms with Gasteiger partial charge in [0.2, 0.25) is 5.91 Å². The van der Waals surface area contributed by atoms with Gasteiger partial charge in [-0.3, -0.25) is 4.79 Å². The van der Waals surface area contributed by atoms with Crippen molar-refractivity contribution in [2.24, 2.45) is 29.4 Å². The van der Waals surface area contributed by atoms with E-state index in [-0.39, 0.29) is 11.8 Å². The van der Waals surface area contributed by atoms with Crippen LogP contribution in [0.2, 0.25) is 0 Å². The minimum absolute atomic E-state index is 0.0463. The Morgan fingerprint density at radius 1 is 1.29 bits per heavy atom. The number of benzene rings is 1. The molecule has 5 N–H and O–H groups in total. The van der Waals surface area contributed by atoms with Crippen molar-refractivity contribution in [3.8, 4) is 11.3 Å². The van der Waals surface area contributed by atoms with Gasteiger partial charge in [0.25, 0.3) is 0 Å². The fraction of sp³-hybridized carbons (Fsp3) is 0.545. The zero-order valence-electron chi connectivity index (χ0n) is 17.2. The van der Waals surface area contributed by atoms with Crippen molar-refractivity contribution in [3.05, 3.63) is 30.3 Å². The number of nitrogens with two attached hydrogens (primary N) is 2. The van der Waals surface area contributed by atoms with Crippen LogP contribution in [-0.2, 0) is 11.3 Å². The Labute approximate surface area is 167 Å². The van der Waals surface area contributed by atoms with E-state index in [0.717, 1.165) is 24.1 Å². The van der Waals surface area contributed by atoms with Crippen molar-refractivity contribution in [1.82, 2.24) is 9.78 Å². The molecule has 28 heavy (non-hydrogen) atoms. The van der Waals surface area contributed by atoms with E-state index in [1.54, 1.807) is 4.68 Å². The van der Waals surface area contributed by atoms with Crippen LogP contribution in [0.5, 0.6) is 0 Å². The molecule has 1 aromatic carbocycles. The fourth-order valence-electron chi connectivity index (χ4n) is 4.33. The first-order chi connectivity index (χ1) is 13.4. The molecule has 0 radical (unpaired) electrons. The average molecular weight is 384 g/mol. The second-order valence-electron chi connectivity index (χ2n) is 8.47. The Balaban J connectivity index is 1.83. The molecule has 1 aliphatic carbocycles. The van der Waals surface area contributed by atoms with Crippen LogP contribution in [-0.4, -0.2) is 22.2 Å². The molecule has 1 heterocycles. The quantitative estimate of drug-likeness (QED) is 0.662. The zero-order chi connectivity index (χ0) is 20.3. The van der Waals surface area contributed by atoms with E-state index < -0.39 is 0 Å². The standard InChI is InChI=1S/C22H33N5O/c1-14(2)18-9-4-15(3)12-19(18)22(28)25-21-13-20(26-27(21)11-10-23)16-5-7-17(24)8-6-16/h5-8,13-15,18-19H,4,9-12,23-24H2,1-3H3,(H,25,28)/t15-,18+,19-/m1/s1. The summed E-state index contributed by atoms with van der Waals surface area (Å²) in [6, 6.07) is 9.51. The predicted octanol–water partition coefficient (Wildman–Crippen LogP) is 3.74. The third-order valence-electron chi connectivity index (χ3n) is 5.94. The van der Waals surface area contributed by atoms with Crippen LogP contribution in [0.4, 0.5) is 11.5 Å². The average Bonchev–Trinajstić information content (AvgIpc) is 3.04. The summed E-state index contributed by atoms with van der Waals surface area (Å²) in [5.74, 6) is 2.38. The van der Waals surface area contributed by atoms with Crippen LogP contribution >= 0.6 is 0 Å². The summed E-state index contributed by atoms with van der Waals surface area (Å²) in [5.41, 5.74) is 14.0. The van der Waals surface area contributed by atoms with E-state index in [9.17, 15) is 4.79 Å². The third kappa shape index (κ3) is 4.55. The number of aromatic nitrogens is 2. The normalized spacial score (nSPS) is 22.4. The van der Waals surface area contributed by atoms with Gasteiger partial charge in [0, 0.05) is 29.8 Å². The summed E-state index contributed by atoms with van der Waals surface area (Å²) in [6.45, 7) is 7.70. The highest BCUT2D eigenvalue weighted by Crippen LogP contribution is 2.38. The number of carbonyl (C=O) groups excluding carboxylic acids is 1. The maximum Gasteiger partial charge on any atom is 0.228 e. The molecule has 0 unspecified atom stereocenters. The number of hydrogen-bond donors (Lipinski definition) is 3. The maximum atomic E-state index is 13.2. The van der Waals surface area contributed by atoms with Crippen LogP contribution in [0.3, 0.4) is 0 Å². The van der Waals surface area contributed by atoms with E-state index >= 15 is 0 Å². The van der Waals surface area contributed by atoms with Crippen LogP contribution in [0, 0.1) is 23.7 Å². The first-order valence-corrected chi connectivity index (χ1v) is 10.3. The first kappa shape index (κ1) is 20.4. The van der Waals surface area contributed by atoms with Crippen LogP contribution in [0.25, 0.3) is 11.3 Å². The molecule has 6 nitrogen and oxygen atoms in total. The number of hydrogen-bond acceptors (Lipinski definition) is 4. The Bertz CT molecular complexity index is 796. The molecule has 0 spiro atoms. The molecule has 0 saturated heterocycles. The second kappa shape index (κ2) is 8.78. The van der Waals surface area contributed by atoms with E-state index in [1.165, 1.54) is 6.42 Å². The summed E-state index contributed by atoms with van der Waals surface area (Å²) in [7, 11) is 0. The largest absolute Gasteiger partial charge is 0.399 e. The number of nitrogens with zero attached hydrogens (tertiary/aromatic N) is 2. The predicted molar refractivity (Wildman–Crippen MR) is 115 cm³/mol. The summed E-state index contributed by atoms with van der Waals surface area (Å²) in [5, 5.41) is 7.80. The Morgan fingerprint density at radius 2 is 2.00 bits per heavy atom. The van der Waals surface area contributed by atoms with Gasteiger partial charge in [-0.2, -0.15) is 5.10 Å². The number of rotatable bonds is 6. The van der Waals surface area contributed by atoms with Gasteiger partial charge in [-0.1, -0.05) is 39.3 Å². The molecule has 1 saturated carbocycles. The van der Waals surface area contributed by atoms with Gasteiger partial charge >= 0.3 is 0 Å². The Kier molecular flexibility index (Phi) is 6.39. The Hall–Kier alpha value is -2.34. The summed E-state index contributed by atoms with van der Waals surface area (Å²) < 4.78 is 1.79. The molecule has 0 bridgehead atoms. The molecule has 3 rings (SSSR count). The highest BCUT2D eigenvalue weighted by Gasteiger charge is 2.35. The zero-order valence-corrected chi connectivity index (χ0v) is 17.2. The lowest BCUT2D eigenvalue weighted by Gasteiger charge is -2.36. The fourth-order valence-corrected chi connectivity index (χ4v) is 4.33. The Morgan fingerprint density at radius 3 is 2.64 bits per heavy atom. The summed E-state index contributed by atoms with van der Waals surface area (Å²) in [6.07, 6.45) is 3.28. The van der Waals surface area contributed by atoms with Crippen LogP contribution in [0.15, 0.2) is 30.3 Å². The SMILES string of the molecule is CC(C)[C@@H]1CC[C@@H](C)C[C@H]1C(=O)Nc1cc(-c2ccc(N)cc2)nn1CCN. The van der Waals surface area contributed by atoms with Crippen molar-refractivity contribution in [2.45, 2.75) is 46.6 Å². The molecule has 6 heteroatoms. The molecule has 2 aromatic rings. The van der Waals surface area contributed by atoms with Gasteiger partial charge in [-0.25, -0.2) is 4.68 Å². The molecule has 152 valence electrons. The van der Waals surface area contributed by atoms with E-state index in [2.05, 4.69) is 31.2 Å². The van der Waals surface area contributed by atoms with E-state index in [0.29, 0.717) is 42.3 Å². The van der Waals surface area contributed by atoms with Crippen molar-refractivity contribution in [1.29, 1.82) is 0 Å². The summed E-state index contributed by atoms with van der Waals surface area (Å²) in [4.78, 5) is 13.2. The minimum atomic E-state index is 0.0463. The van der Waals surface area contributed by atoms with E-state index in [4.69, 9.17) is 11.5 Å². The second-order valence-corrected chi connectivity index (χ2v) is 8.47. The van der Waals surface area contributed by atoms with Crippen molar-refractivity contribution in [2.75, 3.05) is 17.6 Å². The van der Waals surface area contributed by atoms with Gasteiger partial charge in [-0.05, 0) is 42.7 Å². The molecular formula is C22H33N5O. The van der Waals surface area contributed by atoms with Crippen LogP contribution < -0.4 is 16.8 Å². The van der Waals surface area contributed by atoms with Gasteiger partial charge in [0.15, 0.2) is 0 Å². The van der Waals surface area contributed by atoms with Crippen molar-refractivity contribution >= 4 is 17.4 Å².